The lowest BCUT2D eigenvalue weighted by atomic mass is 9.48. The first-order valence-electron chi connectivity index (χ1n) is 13.1. The number of carbonyl (C=O) groups is 4. The second kappa shape index (κ2) is 8.57. The zero-order valence-electron chi connectivity index (χ0n) is 21.4. The van der Waals surface area contributed by atoms with E-state index in [0.29, 0.717) is 43.9 Å². The highest BCUT2D eigenvalue weighted by Crippen LogP contribution is 2.64. The number of ketones is 3. The van der Waals surface area contributed by atoms with Crippen LogP contribution in [0.3, 0.4) is 0 Å². The minimum atomic E-state index is -0.843. The summed E-state index contributed by atoms with van der Waals surface area (Å²) in [5, 5.41) is 9.27. The van der Waals surface area contributed by atoms with Crippen LogP contribution >= 0.6 is 0 Å². The number of hydrogen-bond acceptors (Lipinski definition) is 4. The highest BCUT2D eigenvalue weighted by atomic mass is 16.4. The predicted molar refractivity (Wildman–Crippen MR) is 130 cm³/mol. The van der Waals surface area contributed by atoms with Gasteiger partial charge in [0.2, 0.25) is 0 Å². The molecule has 0 amide bonds. The van der Waals surface area contributed by atoms with Gasteiger partial charge >= 0.3 is 5.97 Å². The van der Waals surface area contributed by atoms with Crippen molar-refractivity contribution in [3.8, 4) is 0 Å². The SMILES string of the molecule is C=C(CC[C@@H](C)[C@H]1CC[C@H]2C3=C(C(=O)C[C@]12C)[C@@]1(C)CCC(=O)[C@@H](C)C1CC3=O)C(C)C(=O)O. The van der Waals surface area contributed by atoms with E-state index in [2.05, 4.69) is 27.4 Å². The quantitative estimate of drug-likeness (QED) is 0.514. The average Bonchev–Trinajstić information content (AvgIpc) is 3.11. The number of carboxylic acids is 1. The van der Waals surface area contributed by atoms with Gasteiger partial charge in [0.15, 0.2) is 11.6 Å². The van der Waals surface area contributed by atoms with Crippen LogP contribution in [-0.4, -0.2) is 28.4 Å². The molecule has 34 heavy (non-hydrogen) atoms. The van der Waals surface area contributed by atoms with Crippen LogP contribution < -0.4 is 0 Å². The second-order valence-electron chi connectivity index (χ2n) is 12.3. The van der Waals surface area contributed by atoms with Crippen LogP contribution in [0, 0.1) is 46.3 Å². The fraction of sp³-hybridized carbons (Fsp3) is 0.724. The number of fused-ring (bicyclic) bond motifs is 4. The van der Waals surface area contributed by atoms with Gasteiger partial charge in [-0.05, 0) is 68.1 Å². The molecule has 0 aromatic carbocycles. The Kier molecular flexibility index (Phi) is 6.31. The molecule has 0 saturated heterocycles. The molecule has 0 bridgehead atoms. The van der Waals surface area contributed by atoms with E-state index in [1.165, 1.54) is 0 Å². The Hall–Kier alpha value is -2.04. The van der Waals surface area contributed by atoms with Gasteiger partial charge in [0.05, 0.1) is 5.92 Å². The Labute approximate surface area is 203 Å². The molecule has 0 heterocycles. The number of hydrogen-bond donors (Lipinski definition) is 1. The van der Waals surface area contributed by atoms with Crippen molar-refractivity contribution in [1.29, 1.82) is 0 Å². The van der Waals surface area contributed by atoms with Crippen LogP contribution in [0.1, 0.15) is 86.0 Å². The van der Waals surface area contributed by atoms with E-state index < -0.39 is 11.9 Å². The number of rotatable bonds is 6. The van der Waals surface area contributed by atoms with Crippen molar-refractivity contribution in [3.63, 3.8) is 0 Å². The maximum atomic E-state index is 13.8. The third-order valence-corrected chi connectivity index (χ3v) is 10.5. The molecule has 0 aliphatic heterocycles. The molecule has 1 N–H and O–H groups in total. The van der Waals surface area contributed by atoms with E-state index in [0.717, 1.165) is 36.0 Å². The molecular formula is C29H40O5. The lowest BCUT2D eigenvalue weighted by Gasteiger charge is -2.53. The average molecular weight is 469 g/mol. The maximum Gasteiger partial charge on any atom is 0.310 e. The van der Waals surface area contributed by atoms with E-state index >= 15 is 0 Å². The smallest absolute Gasteiger partial charge is 0.310 e. The van der Waals surface area contributed by atoms with Crippen molar-refractivity contribution in [3.05, 3.63) is 23.3 Å². The van der Waals surface area contributed by atoms with Crippen LogP contribution in [0.2, 0.25) is 0 Å². The summed E-state index contributed by atoms with van der Waals surface area (Å²) >= 11 is 0. The van der Waals surface area contributed by atoms with Gasteiger partial charge < -0.3 is 5.11 Å². The summed E-state index contributed by atoms with van der Waals surface area (Å²) in [5.74, 6) is -0.453. The first-order valence-corrected chi connectivity index (χ1v) is 13.1. The molecule has 2 fully saturated rings. The molecule has 2 unspecified atom stereocenters. The van der Waals surface area contributed by atoms with Crippen molar-refractivity contribution in [1.82, 2.24) is 0 Å². The third kappa shape index (κ3) is 3.65. The molecule has 4 aliphatic carbocycles. The van der Waals surface area contributed by atoms with Gasteiger partial charge in [0.1, 0.15) is 5.78 Å². The van der Waals surface area contributed by atoms with Gasteiger partial charge in [0, 0.05) is 41.7 Å². The molecular weight excluding hydrogens is 428 g/mol. The summed E-state index contributed by atoms with van der Waals surface area (Å²) in [4.78, 5) is 51.1. The van der Waals surface area contributed by atoms with Crippen molar-refractivity contribution >= 4 is 23.3 Å². The number of carboxylic acid groups (broad SMARTS) is 1. The summed E-state index contributed by atoms with van der Waals surface area (Å²) in [5.41, 5.74) is 1.70. The first-order chi connectivity index (χ1) is 15.8. The zero-order valence-corrected chi connectivity index (χ0v) is 21.4. The van der Waals surface area contributed by atoms with Crippen LogP contribution in [0.4, 0.5) is 0 Å². The fourth-order valence-corrected chi connectivity index (χ4v) is 8.25. The van der Waals surface area contributed by atoms with E-state index in [9.17, 15) is 24.3 Å². The minimum absolute atomic E-state index is 0.0633. The van der Waals surface area contributed by atoms with Crippen molar-refractivity contribution in [2.75, 3.05) is 0 Å². The number of Topliss-reactive ketones (excluding diaryl/α,β-unsaturated/α-hetero) is 3. The van der Waals surface area contributed by atoms with Gasteiger partial charge in [-0.25, -0.2) is 0 Å². The van der Waals surface area contributed by atoms with Crippen LogP contribution in [0.25, 0.3) is 0 Å². The maximum absolute atomic E-state index is 13.8. The van der Waals surface area contributed by atoms with Crippen molar-refractivity contribution < 1.29 is 24.3 Å². The molecule has 5 nitrogen and oxygen atoms in total. The van der Waals surface area contributed by atoms with E-state index in [1.807, 2.05) is 6.92 Å². The topological polar surface area (TPSA) is 88.5 Å². The van der Waals surface area contributed by atoms with Crippen LogP contribution in [0.15, 0.2) is 23.3 Å². The number of aliphatic carboxylic acids is 1. The highest BCUT2D eigenvalue weighted by molar-refractivity contribution is 6.11. The summed E-state index contributed by atoms with van der Waals surface area (Å²) in [6.07, 6.45) is 5.43. The van der Waals surface area contributed by atoms with Gasteiger partial charge in [0.25, 0.3) is 0 Å². The summed E-state index contributed by atoms with van der Waals surface area (Å²) < 4.78 is 0. The van der Waals surface area contributed by atoms with Gasteiger partial charge in [-0.15, -0.1) is 0 Å². The van der Waals surface area contributed by atoms with E-state index in [1.54, 1.807) is 6.92 Å². The lowest BCUT2D eigenvalue weighted by Crippen LogP contribution is -2.53. The van der Waals surface area contributed by atoms with Gasteiger partial charge in [-0.1, -0.05) is 39.8 Å². The highest BCUT2D eigenvalue weighted by Gasteiger charge is 2.61. The van der Waals surface area contributed by atoms with Crippen LogP contribution in [-0.2, 0) is 19.2 Å². The molecule has 0 aromatic rings. The Morgan fingerprint density at radius 3 is 2.47 bits per heavy atom. The monoisotopic (exact) mass is 468 g/mol. The molecule has 4 aliphatic rings. The Bertz CT molecular complexity index is 988. The normalized spacial score (nSPS) is 39.3. The Morgan fingerprint density at radius 2 is 1.82 bits per heavy atom. The van der Waals surface area contributed by atoms with Gasteiger partial charge in [-0.2, -0.15) is 0 Å². The molecule has 0 radical (unpaired) electrons. The van der Waals surface area contributed by atoms with Gasteiger partial charge in [-0.3, -0.25) is 19.2 Å². The molecule has 0 spiro atoms. The predicted octanol–water partition coefficient (Wildman–Crippen LogP) is 5.58. The standard InChI is InChI=1S/C29H40O5/c1-15(17(3)27(33)34)7-8-16(2)19-9-10-20-25-23(31)13-21-18(4)22(30)11-12-28(21,5)26(25)24(32)14-29(19,20)6/h16-21H,1,7-14H2,2-6H3,(H,33,34)/t16-,17?,18+,19-,20+,21?,28+,29-/m1/s1. The number of carbonyl (C=O) groups excluding carboxylic acids is 3. The van der Waals surface area contributed by atoms with E-state index in [-0.39, 0.29) is 45.9 Å². The minimum Gasteiger partial charge on any atom is -0.481 e. The molecule has 8 atom stereocenters. The first kappa shape index (κ1) is 25.1. The van der Waals surface area contributed by atoms with Crippen LogP contribution in [0.5, 0.6) is 0 Å². The van der Waals surface area contributed by atoms with Crippen molar-refractivity contribution in [2.45, 2.75) is 86.0 Å². The number of allylic oxidation sites excluding steroid dienone is 2. The summed E-state index contributed by atoms with van der Waals surface area (Å²) in [6.45, 7) is 14.2. The summed E-state index contributed by atoms with van der Waals surface area (Å²) in [7, 11) is 0. The van der Waals surface area contributed by atoms with E-state index in [4.69, 9.17) is 0 Å². The molecule has 0 aromatic heterocycles. The summed E-state index contributed by atoms with van der Waals surface area (Å²) in [6, 6.07) is 0. The van der Waals surface area contributed by atoms with Crippen molar-refractivity contribution in [2.24, 2.45) is 46.3 Å². The largest absolute Gasteiger partial charge is 0.481 e. The third-order valence-electron chi connectivity index (χ3n) is 10.5. The molecule has 4 rings (SSSR count). The lowest BCUT2D eigenvalue weighted by molar-refractivity contribution is -0.140. The molecule has 2 saturated carbocycles. The zero-order chi connectivity index (χ0) is 25.2. The molecule has 186 valence electrons. The Balaban J connectivity index is 1.61. The Morgan fingerprint density at radius 1 is 1.15 bits per heavy atom. The second-order valence-corrected chi connectivity index (χ2v) is 12.3. The molecule has 5 heteroatoms. The fourth-order valence-electron chi connectivity index (χ4n) is 8.25.